The van der Waals surface area contributed by atoms with Crippen LogP contribution in [0.1, 0.15) is 31.8 Å². The Kier molecular flexibility index (Phi) is 10.4. The van der Waals surface area contributed by atoms with Gasteiger partial charge in [-0.25, -0.2) is 0 Å². The minimum Gasteiger partial charge on any atom is -0.545 e. The third-order valence-corrected chi connectivity index (χ3v) is 2.67. The van der Waals surface area contributed by atoms with Crippen LogP contribution < -0.4 is 69.3 Å². The summed E-state index contributed by atoms with van der Waals surface area (Å²) in [5, 5.41) is 21.4. The Morgan fingerprint density at radius 3 is 1.42 bits per heavy atom. The van der Waals surface area contributed by atoms with Crippen LogP contribution in [-0.4, -0.2) is 11.9 Å². The van der Waals surface area contributed by atoms with Crippen LogP contribution in [0, 0.1) is 23.7 Å². The first kappa shape index (κ1) is 22.5. The molecule has 0 atom stereocenters. The minimum atomic E-state index is -1.27. The fraction of sp³-hybridized carbons (Fsp3) is 0. The van der Waals surface area contributed by atoms with E-state index in [4.69, 9.17) is 0 Å². The molecular weight excluding hydrogens is 326 g/mol. The van der Waals surface area contributed by atoms with Crippen molar-refractivity contribution in [3.8, 4) is 23.7 Å². The van der Waals surface area contributed by atoms with Gasteiger partial charge in [0.25, 0.3) is 0 Å². The van der Waals surface area contributed by atoms with Crippen LogP contribution in [0.5, 0.6) is 0 Å². The average Bonchev–Trinajstić information content (AvgIpc) is 2.52. The Morgan fingerprint density at radius 2 is 1.08 bits per heavy atom. The number of hydrogen-bond acceptors (Lipinski definition) is 4. The van der Waals surface area contributed by atoms with Crippen LogP contribution in [-0.2, 0) is 0 Å². The summed E-state index contributed by atoms with van der Waals surface area (Å²) in [4.78, 5) is 21.4. The Balaban J connectivity index is 0.00000264. The molecule has 0 unspecified atom stereocenters. The molecule has 0 amide bonds. The standard InChI is InChI=1S/C18H10O4.2Na/c19-17(20)15-9-3-7-13(11-15)5-1-2-6-14-8-4-10-16(12-14)18(21)22;;/h3-4,7-12H,(H,19,20)(H,21,22);;/q;2*+1/p-2. The number of benzene rings is 2. The monoisotopic (exact) mass is 334 g/mol. The van der Waals surface area contributed by atoms with Crippen molar-refractivity contribution in [1.29, 1.82) is 0 Å². The first-order chi connectivity index (χ1) is 10.6. The minimum absolute atomic E-state index is 0. The van der Waals surface area contributed by atoms with E-state index in [-0.39, 0.29) is 70.2 Å². The molecule has 2 aromatic rings. The Morgan fingerprint density at radius 1 is 0.708 bits per heavy atom. The molecule has 0 heterocycles. The third-order valence-electron chi connectivity index (χ3n) is 2.67. The van der Waals surface area contributed by atoms with E-state index < -0.39 is 11.9 Å². The van der Waals surface area contributed by atoms with Crippen molar-refractivity contribution in [3.05, 3.63) is 70.8 Å². The maximum absolute atomic E-state index is 10.7. The predicted molar refractivity (Wildman–Crippen MR) is 75.3 cm³/mol. The van der Waals surface area contributed by atoms with Gasteiger partial charge in [-0.1, -0.05) is 36.1 Å². The summed E-state index contributed by atoms with van der Waals surface area (Å²) in [6.07, 6.45) is 0. The molecule has 0 bridgehead atoms. The van der Waals surface area contributed by atoms with Crippen LogP contribution in [0.4, 0.5) is 0 Å². The summed E-state index contributed by atoms with van der Waals surface area (Å²) >= 11 is 0. The second-order valence-electron chi connectivity index (χ2n) is 4.24. The zero-order valence-corrected chi connectivity index (χ0v) is 17.3. The van der Waals surface area contributed by atoms with Crippen LogP contribution >= 0.6 is 0 Å². The Hall–Kier alpha value is -1.50. The van der Waals surface area contributed by atoms with Gasteiger partial charge in [0, 0.05) is 11.1 Å². The molecule has 6 heteroatoms. The summed E-state index contributed by atoms with van der Waals surface area (Å²) in [5.41, 5.74) is 1.09. The van der Waals surface area contributed by atoms with Gasteiger partial charge in [-0.05, 0) is 47.2 Å². The smallest absolute Gasteiger partial charge is 0.545 e. The zero-order chi connectivity index (χ0) is 15.9. The first-order valence-electron chi connectivity index (χ1n) is 6.21. The Bertz CT molecular complexity index is 794. The molecule has 4 nitrogen and oxygen atoms in total. The first-order valence-corrected chi connectivity index (χ1v) is 6.21. The van der Waals surface area contributed by atoms with E-state index in [1.54, 1.807) is 24.3 Å². The number of carbonyl (C=O) groups is 2. The van der Waals surface area contributed by atoms with Crippen molar-refractivity contribution in [2.75, 3.05) is 0 Å². The molecule has 2 aromatic carbocycles. The second-order valence-corrected chi connectivity index (χ2v) is 4.24. The molecule has 0 N–H and O–H groups in total. The topological polar surface area (TPSA) is 80.3 Å². The molecule has 0 saturated heterocycles. The molecule has 2 rings (SSSR count). The molecule has 106 valence electrons. The maximum atomic E-state index is 10.7. The van der Waals surface area contributed by atoms with Gasteiger partial charge in [0.1, 0.15) is 0 Å². The second kappa shape index (κ2) is 11.1. The fourth-order valence-corrected chi connectivity index (χ4v) is 1.65. The molecule has 0 aliphatic heterocycles. The number of carboxylic acids is 2. The number of rotatable bonds is 2. The van der Waals surface area contributed by atoms with Crippen molar-refractivity contribution in [2.45, 2.75) is 0 Å². The average molecular weight is 334 g/mol. The maximum Gasteiger partial charge on any atom is 1.00 e. The van der Waals surface area contributed by atoms with Gasteiger partial charge >= 0.3 is 59.1 Å². The largest absolute Gasteiger partial charge is 1.00 e. The fourth-order valence-electron chi connectivity index (χ4n) is 1.65. The van der Waals surface area contributed by atoms with Gasteiger partial charge < -0.3 is 19.8 Å². The predicted octanol–water partition coefficient (Wildman–Crippen LogP) is -6.18. The summed E-state index contributed by atoms with van der Waals surface area (Å²) in [5.74, 6) is 8.02. The molecule has 0 radical (unpaired) electrons. The van der Waals surface area contributed by atoms with Crippen molar-refractivity contribution < 1.29 is 78.9 Å². The van der Waals surface area contributed by atoms with Crippen LogP contribution in [0.25, 0.3) is 0 Å². The van der Waals surface area contributed by atoms with Crippen molar-refractivity contribution in [3.63, 3.8) is 0 Å². The molecule has 0 saturated carbocycles. The summed E-state index contributed by atoms with van der Waals surface area (Å²) in [7, 11) is 0. The van der Waals surface area contributed by atoms with Gasteiger partial charge in [-0.3, -0.25) is 0 Å². The van der Waals surface area contributed by atoms with Gasteiger partial charge in [0.15, 0.2) is 0 Å². The molecular formula is C18H8Na2O4. The molecule has 0 aliphatic rings. The summed E-state index contributed by atoms with van der Waals surface area (Å²) in [6.45, 7) is 0. The third kappa shape index (κ3) is 6.95. The summed E-state index contributed by atoms with van der Waals surface area (Å²) in [6, 6.07) is 12.0. The zero-order valence-electron chi connectivity index (χ0n) is 13.3. The van der Waals surface area contributed by atoms with Crippen LogP contribution in [0.15, 0.2) is 48.5 Å². The number of carbonyl (C=O) groups excluding carboxylic acids is 2. The van der Waals surface area contributed by atoms with Crippen LogP contribution in [0.2, 0.25) is 0 Å². The van der Waals surface area contributed by atoms with Gasteiger partial charge in [-0.15, -0.1) is 0 Å². The normalized spacial score (nSPS) is 8.17. The Labute approximate surface area is 183 Å². The van der Waals surface area contributed by atoms with Crippen LogP contribution in [0.3, 0.4) is 0 Å². The van der Waals surface area contributed by atoms with E-state index >= 15 is 0 Å². The molecule has 0 fully saturated rings. The van der Waals surface area contributed by atoms with E-state index in [2.05, 4.69) is 23.7 Å². The summed E-state index contributed by atoms with van der Waals surface area (Å²) < 4.78 is 0. The van der Waals surface area contributed by atoms with E-state index in [0.29, 0.717) is 11.1 Å². The SMILES string of the molecule is O=C([O-])c1cccc(C#CC#Cc2cccc(C(=O)[O-])c2)c1.[Na+].[Na+]. The van der Waals surface area contributed by atoms with Crippen molar-refractivity contribution in [2.24, 2.45) is 0 Å². The number of aromatic carboxylic acids is 2. The molecule has 24 heavy (non-hydrogen) atoms. The van der Waals surface area contributed by atoms with Crippen molar-refractivity contribution >= 4 is 11.9 Å². The van der Waals surface area contributed by atoms with Crippen molar-refractivity contribution in [1.82, 2.24) is 0 Å². The van der Waals surface area contributed by atoms with E-state index in [1.165, 1.54) is 24.3 Å². The number of hydrogen-bond donors (Lipinski definition) is 0. The molecule has 0 aromatic heterocycles. The van der Waals surface area contributed by atoms with Gasteiger partial charge in [0.2, 0.25) is 0 Å². The quantitative estimate of drug-likeness (QED) is 0.404. The van der Waals surface area contributed by atoms with E-state index in [9.17, 15) is 19.8 Å². The van der Waals surface area contributed by atoms with Gasteiger partial charge in [0.05, 0.1) is 11.9 Å². The molecule has 0 spiro atoms. The van der Waals surface area contributed by atoms with E-state index in [0.717, 1.165) is 0 Å². The van der Waals surface area contributed by atoms with Gasteiger partial charge in [-0.2, -0.15) is 0 Å². The molecule has 0 aliphatic carbocycles. The van der Waals surface area contributed by atoms with E-state index in [1.807, 2.05) is 0 Å². The number of carboxylic acid groups (broad SMARTS) is 2.